The Bertz CT molecular complexity index is 777. The molecule has 124 valence electrons. The maximum absolute atomic E-state index is 12.3. The van der Waals surface area contributed by atoms with E-state index in [-0.39, 0.29) is 12.1 Å². The van der Waals surface area contributed by atoms with Crippen molar-refractivity contribution in [2.45, 2.75) is 26.3 Å². The van der Waals surface area contributed by atoms with Crippen LogP contribution in [0.1, 0.15) is 32.1 Å². The first kappa shape index (κ1) is 16.1. The number of rotatable bonds is 5. The van der Waals surface area contributed by atoms with Crippen LogP contribution in [0.15, 0.2) is 54.6 Å². The summed E-state index contributed by atoms with van der Waals surface area (Å²) < 4.78 is 0. The van der Waals surface area contributed by atoms with E-state index in [0.29, 0.717) is 5.92 Å². The Kier molecular flexibility index (Phi) is 4.79. The van der Waals surface area contributed by atoms with Gasteiger partial charge in [-0.2, -0.15) is 0 Å². The van der Waals surface area contributed by atoms with Crippen molar-refractivity contribution in [3.63, 3.8) is 0 Å². The van der Waals surface area contributed by atoms with Crippen LogP contribution in [0.5, 0.6) is 0 Å². The highest BCUT2D eigenvalue weighted by Gasteiger charge is 2.19. The minimum Gasteiger partial charge on any atom is -0.340 e. The molecule has 0 radical (unpaired) electrons. The Labute approximate surface area is 141 Å². The molecule has 5 nitrogen and oxygen atoms in total. The zero-order chi connectivity index (χ0) is 16.9. The van der Waals surface area contributed by atoms with Gasteiger partial charge < -0.3 is 15.6 Å². The van der Waals surface area contributed by atoms with Crippen LogP contribution in [0.3, 0.4) is 0 Å². The second kappa shape index (κ2) is 7.17. The van der Waals surface area contributed by atoms with Crippen molar-refractivity contribution in [3.8, 4) is 0 Å². The SMILES string of the molecule is CC(C)C[C@H](NC(=O)Nc1ccccc1)c1nc2ccccc2[nH]1. The number of hydrogen-bond donors (Lipinski definition) is 3. The molecule has 0 unspecified atom stereocenters. The molecular weight excluding hydrogens is 300 g/mol. The molecular formula is C19H22N4O. The molecule has 1 atom stereocenters. The van der Waals surface area contributed by atoms with Crippen LogP contribution in [-0.4, -0.2) is 16.0 Å². The lowest BCUT2D eigenvalue weighted by Gasteiger charge is -2.19. The van der Waals surface area contributed by atoms with E-state index in [4.69, 9.17) is 0 Å². The van der Waals surface area contributed by atoms with Gasteiger partial charge in [0.25, 0.3) is 0 Å². The Morgan fingerprint density at radius 1 is 1.08 bits per heavy atom. The monoisotopic (exact) mass is 322 g/mol. The van der Waals surface area contributed by atoms with Crippen LogP contribution in [0.25, 0.3) is 11.0 Å². The summed E-state index contributed by atoms with van der Waals surface area (Å²) in [5.74, 6) is 1.22. The molecule has 0 saturated carbocycles. The number of amides is 2. The molecule has 2 aromatic carbocycles. The molecule has 1 aromatic heterocycles. The van der Waals surface area contributed by atoms with E-state index in [1.807, 2.05) is 54.6 Å². The number of benzene rings is 2. The van der Waals surface area contributed by atoms with Crippen molar-refractivity contribution in [1.29, 1.82) is 0 Å². The normalized spacial score (nSPS) is 12.3. The topological polar surface area (TPSA) is 69.8 Å². The van der Waals surface area contributed by atoms with Crippen LogP contribution in [-0.2, 0) is 0 Å². The average molecular weight is 322 g/mol. The lowest BCUT2D eigenvalue weighted by Crippen LogP contribution is -2.33. The van der Waals surface area contributed by atoms with E-state index < -0.39 is 0 Å². The Hall–Kier alpha value is -2.82. The van der Waals surface area contributed by atoms with Crippen molar-refractivity contribution in [2.75, 3.05) is 5.32 Å². The predicted octanol–water partition coefficient (Wildman–Crippen LogP) is 4.47. The number of imidazole rings is 1. The maximum Gasteiger partial charge on any atom is 0.319 e. The summed E-state index contributed by atoms with van der Waals surface area (Å²) in [4.78, 5) is 20.3. The predicted molar refractivity (Wildman–Crippen MR) is 96.9 cm³/mol. The van der Waals surface area contributed by atoms with E-state index >= 15 is 0 Å². The van der Waals surface area contributed by atoms with E-state index in [0.717, 1.165) is 29.0 Å². The van der Waals surface area contributed by atoms with Gasteiger partial charge in [0.05, 0.1) is 17.1 Å². The van der Waals surface area contributed by atoms with Gasteiger partial charge >= 0.3 is 6.03 Å². The number of aromatic amines is 1. The Morgan fingerprint density at radius 3 is 2.50 bits per heavy atom. The molecule has 1 heterocycles. The summed E-state index contributed by atoms with van der Waals surface area (Å²) in [6.45, 7) is 4.26. The largest absolute Gasteiger partial charge is 0.340 e. The number of hydrogen-bond acceptors (Lipinski definition) is 2. The first-order valence-corrected chi connectivity index (χ1v) is 8.19. The molecule has 3 aromatic rings. The number of nitrogens with one attached hydrogen (secondary N) is 3. The van der Waals surface area contributed by atoms with E-state index in [1.54, 1.807) is 0 Å². The quantitative estimate of drug-likeness (QED) is 0.648. The Balaban J connectivity index is 1.77. The van der Waals surface area contributed by atoms with Crippen molar-refractivity contribution < 1.29 is 4.79 Å². The summed E-state index contributed by atoms with van der Waals surface area (Å²) in [5.41, 5.74) is 2.65. The first-order chi connectivity index (χ1) is 11.6. The number of anilines is 1. The van der Waals surface area contributed by atoms with Gasteiger partial charge in [-0.25, -0.2) is 9.78 Å². The fourth-order valence-electron chi connectivity index (χ4n) is 2.69. The van der Waals surface area contributed by atoms with Gasteiger partial charge in [-0.3, -0.25) is 0 Å². The smallest absolute Gasteiger partial charge is 0.319 e. The number of carbonyl (C=O) groups is 1. The molecule has 0 aliphatic carbocycles. The van der Waals surface area contributed by atoms with Crippen molar-refractivity contribution in [2.24, 2.45) is 5.92 Å². The maximum atomic E-state index is 12.3. The van der Waals surface area contributed by atoms with Crippen molar-refractivity contribution >= 4 is 22.8 Å². The van der Waals surface area contributed by atoms with Crippen LogP contribution < -0.4 is 10.6 Å². The molecule has 0 aliphatic heterocycles. The molecule has 0 saturated heterocycles. The average Bonchev–Trinajstić information content (AvgIpc) is 2.98. The second-order valence-corrected chi connectivity index (χ2v) is 6.29. The fourth-order valence-corrected chi connectivity index (χ4v) is 2.69. The van der Waals surface area contributed by atoms with Gasteiger partial charge in [0.1, 0.15) is 5.82 Å². The molecule has 0 aliphatic rings. The first-order valence-electron chi connectivity index (χ1n) is 8.19. The summed E-state index contributed by atoms with van der Waals surface area (Å²) in [6.07, 6.45) is 0.808. The van der Waals surface area contributed by atoms with E-state index in [2.05, 4.69) is 34.4 Å². The summed E-state index contributed by atoms with van der Waals surface area (Å²) >= 11 is 0. The molecule has 0 bridgehead atoms. The van der Waals surface area contributed by atoms with Crippen molar-refractivity contribution in [1.82, 2.24) is 15.3 Å². The number of urea groups is 1. The van der Waals surface area contributed by atoms with Gasteiger partial charge in [-0.15, -0.1) is 0 Å². The number of para-hydroxylation sites is 3. The zero-order valence-electron chi connectivity index (χ0n) is 13.9. The summed E-state index contributed by atoms with van der Waals surface area (Å²) in [6, 6.07) is 16.9. The van der Waals surface area contributed by atoms with E-state index in [9.17, 15) is 4.79 Å². The van der Waals surface area contributed by atoms with Crippen LogP contribution in [0.2, 0.25) is 0 Å². The minimum atomic E-state index is -0.229. The molecule has 24 heavy (non-hydrogen) atoms. The number of H-pyrrole nitrogens is 1. The van der Waals surface area contributed by atoms with Crippen LogP contribution in [0.4, 0.5) is 10.5 Å². The lowest BCUT2D eigenvalue weighted by atomic mass is 10.0. The highest BCUT2D eigenvalue weighted by atomic mass is 16.2. The van der Waals surface area contributed by atoms with E-state index in [1.165, 1.54) is 0 Å². The Morgan fingerprint density at radius 2 is 1.79 bits per heavy atom. The molecule has 3 N–H and O–H groups in total. The number of carbonyl (C=O) groups excluding carboxylic acids is 1. The number of aromatic nitrogens is 2. The lowest BCUT2D eigenvalue weighted by molar-refractivity contribution is 0.246. The zero-order valence-corrected chi connectivity index (χ0v) is 13.9. The van der Waals surface area contributed by atoms with Gasteiger partial charge in [0.15, 0.2) is 0 Å². The molecule has 2 amide bonds. The standard InChI is InChI=1S/C19H22N4O/c1-13(2)12-17(18-21-15-10-6-7-11-16(15)22-18)23-19(24)20-14-8-4-3-5-9-14/h3-11,13,17H,12H2,1-2H3,(H,21,22)(H2,20,23,24)/t17-/m0/s1. The molecule has 3 rings (SSSR count). The van der Waals surface area contributed by atoms with Gasteiger partial charge in [-0.05, 0) is 36.6 Å². The number of fused-ring (bicyclic) bond motifs is 1. The van der Waals surface area contributed by atoms with Gasteiger partial charge in [0, 0.05) is 5.69 Å². The highest BCUT2D eigenvalue weighted by molar-refractivity contribution is 5.89. The fraction of sp³-hybridized carbons (Fsp3) is 0.263. The van der Waals surface area contributed by atoms with Crippen molar-refractivity contribution in [3.05, 3.63) is 60.4 Å². The minimum absolute atomic E-state index is 0.166. The molecule has 0 spiro atoms. The third-order valence-corrected chi connectivity index (χ3v) is 3.78. The molecule has 0 fully saturated rings. The molecule has 5 heteroatoms. The summed E-state index contributed by atoms with van der Waals surface area (Å²) in [7, 11) is 0. The highest BCUT2D eigenvalue weighted by Crippen LogP contribution is 2.22. The van der Waals surface area contributed by atoms with Gasteiger partial charge in [0.2, 0.25) is 0 Å². The van der Waals surface area contributed by atoms with Crippen LogP contribution in [0, 0.1) is 5.92 Å². The second-order valence-electron chi connectivity index (χ2n) is 6.29. The van der Waals surface area contributed by atoms with Gasteiger partial charge in [-0.1, -0.05) is 44.2 Å². The third kappa shape index (κ3) is 3.93. The number of nitrogens with zero attached hydrogens (tertiary/aromatic N) is 1. The van der Waals surface area contributed by atoms with Crippen LogP contribution >= 0.6 is 0 Å². The summed E-state index contributed by atoms with van der Waals surface area (Å²) in [5, 5.41) is 5.89. The third-order valence-electron chi connectivity index (χ3n) is 3.78.